The summed E-state index contributed by atoms with van der Waals surface area (Å²) in [6, 6.07) is -0.164. The standard InChI is InChI=1S/C13H19NO3/c1-8-14-10(12(16-8)9-5-6-9)7-11(15)17-13(2,3)4/h10H,5-7H2,1-4H3. The molecular formula is C13H19NO3. The van der Waals surface area contributed by atoms with Gasteiger partial charge < -0.3 is 9.47 Å². The molecule has 94 valence electrons. The Morgan fingerprint density at radius 2 is 2.12 bits per heavy atom. The van der Waals surface area contributed by atoms with E-state index in [-0.39, 0.29) is 18.4 Å². The second-order valence-electron chi connectivity index (χ2n) is 5.52. The van der Waals surface area contributed by atoms with Crippen molar-refractivity contribution in [2.45, 2.75) is 58.6 Å². The fourth-order valence-electron chi connectivity index (χ4n) is 1.83. The molecule has 0 bridgehead atoms. The first-order valence-electron chi connectivity index (χ1n) is 6.01. The number of hydrogen-bond donors (Lipinski definition) is 0. The summed E-state index contributed by atoms with van der Waals surface area (Å²) >= 11 is 0. The molecule has 1 unspecified atom stereocenters. The number of nitrogens with zero attached hydrogens (tertiary/aromatic N) is 1. The van der Waals surface area contributed by atoms with Crippen molar-refractivity contribution in [1.82, 2.24) is 0 Å². The first kappa shape index (κ1) is 12.1. The zero-order valence-electron chi connectivity index (χ0n) is 10.9. The second-order valence-corrected chi connectivity index (χ2v) is 5.52. The van der Waals surface area contributed by atoms with E-state index in [4.69, 9.17) is 9.47 Å². The highest BCUT2D eigenvalue weighted by atomic mass is 16.6. The van der Waals surface area contributed by atoms with Crippen LogP contribution in [0.25, 0.3) is 0 Å². The van der Waals surface area contributed by atoms with Gasteiger partial charge in [0, 0.05) is 6.92 Å². The first-order valence-corrected chi connectivity index (χ1v) is 6.01. The van der Waals surface area contributed by atoms with Gasteiger partial charge in [0.1, 0.15) is 17.4 Å². The Hall–Kier alpha value is -1.32. The smallest absolute Gasteiger partial charge is 0.308 e. The Balaban J connectivity index is 1.98. The Morgan fingerprint density at radius 1 is 1.47 bits per heavy atom. The highest BCUT2D eigenvalue weighted by Crippen LogP contribution is 2.37. The maximum absolute atomic E-state index is 11.7. The van der Waals surface area contributed by atoms with Crippen LogP contribution in [0.15, 0.2) is 16.3 Å². The lowest BCUT2D eigenvalue weighted by Crippen LogP contribution is -2.26. The van der Waals surface area contributed by atoms with Gasteiger partial charge in [0.2, 0.25) is 0 Å². The number of aliphatic imine (C=N–C) groups is 1. The second kappa shape index (κ2) is 4.17. The summed E-state index contributed by atoms with van der Waals surface area (Å²) in [6.07, 6.45) is 2.42. The first-order chi connectivity index (χ1) is 7.85. The molecule has 1 aliphatic heterocycles. The maximum atomic E-state index is 11.7. The average Bonchev–Trinajstić information content (AvgIpc) is 2.89. The molecular weight excluding hydrogens is 218 g/mol. The fraction of sp³-hybridized carbons (Fsp3) is 0.692. The molecule has 4 heteroatoms. The molecule has 17 heavy (non-hydrogen) atoms. The third-order valence-corrected chi connectivity index (χ3v) is 2.53. The number of carbonyl (C=O) groups excluding carboxylic acids is 1. The molecule has 1 heterocycles. The third-order valence-electron chi connectivity index (χ3n) is 2.53. The van der Waals surface area contributed by atoms with E-state index in [1.54, 1.807) is 0 Å². The topological polar surface area (TPSA) is 47.9 Å². The van der Waals surface area contributed by atoms with Crippen LogP contribution >= 0.6 is 0 Å². The summed E-state index contributed by atoms with van der Waals surface area (Å²) in [5, 5.41) is 0. The van der Waals surface area contributed by atoms with E-state index in [0.29, 0.717) is 5.90 Å². The van der Waals surface area contributed by atoms with Crippen LogP contribution in [0.2, 0.25) is 0 Å². The van der Waals surface area contributed by atoms with Crippen molar-refractivity contribution in [1.29, 1.82) is 0 Å². The van der Waals surface area contributed by atoms with Crippen LogP contribution in [0.1, 0.15) is 47.0 Å². The largest absolute Gasteiger partial charge is 0.460 e. The van der Waals surface area contributed by atoms with Crippen LogP contribution in [0.3, 0.4) is 0 Å². The number of ether oxygens (including phenoxy) is 2. The molecule has 1 atom stereocenters. The lowest BCUT2D eigenvalue weighted by molar-refractivity contribution is -0.155. The lowest BCUT2D eigenvalue weighted by Gasteiger charge is -2.20. The number of carbonyl (C=O) groups is 1. The Labute approximate surface area is 102 Å². The molecule has 0 N–H and O–H groups in total. The average molecular weight is 237 g/mol. The maximum Gasteiger partial charge on any atom is 0.308 e. The Morgan fingerprint density at radius 3 is 2.65 bits per heavy atom. The molecule has 4 nitrogen and oxygen atoms in total. The number of esters is 1. The van der Waals surface area contributed by atoms with Crippen molar-refractivity contribution in [3.8, 4) is 0 Å². The van der Waals surface area contributed by atoms with Gasteiger partial charge >= 0.3 is 5.97 Å². The van der Waals surface area contributed by atoms with Crippen molar-refractivity contribution < 1.29 is 14.3 Å². The summed E-state index contributed by atoms with van der Waals surface area (Å²) in [7, 11) is 0. The summed E-state index contributed by atoms with van der Waals surface area (Å²) in [4.78, 5) is 16.1. The number of allylic oxidation sites excluding steroid dienone is 1. The molecule has 1 fully saturated rings. The van der Waals surface area contributed by atoms with E-state index in [1.165, 1.54) is 5.57 Å². The third kappa shape index (κ3) is 3.32. The monoisotopic (exact) mass is 237 g/mol. The van der Waals surface area contributed by atoms with Crippen molar-refractivity contribution >= 4 is 11.9 Å². The van der Waals surface area contributed by atoms with Crippen molar-refractivity contribution in [3.63, 3.8) is 0 Å². The van der Waals surface area contributed by atoms with Crippen LogP contribution in [-0.4, -0.2) is 23.5 Å². The van der Waals surface area contributed by atoms with Crippen LogP contribution in [0.4, 0.5) is 0 Å². The van der Waals surface area contributed by atoms with Gasteiger partial charge in [0.25, 0.3) is 0 Å². The molecule has 0 saturated heterocycles. The lowest BCUT2D eigenvalue weighted by atomic mass is 10.1. The van der Waals surface area contributed by atoms with E-state index in [9.17, 15) is 4.79 Å². The van der Waals surface area contributed by atoms with Gasteiger partial charge in [-0.1, -0.05) is 0 Å². The molecule has 0 amide bonds. The van der Waals surface area contributed by atoms with Gasteiger partial charge in [0.05, 0.1) is 6.42 Å². The summed E-state index contributed by atoms with van der Waals surface area (Å²) in [5.74, 6) is 1.31. The van der Waals surface area contributed by atoms with Gasteiger partial charge in [-0.15, -0.1) is 0 Å². The van der Waals surface area contributed by atoms with Crippen molar-refractivity contribution in [2.75, 3.05) is 0 Å². The van der Waals surface area contributed by atoms with Gasteiger partial charge in [-0.05, 0) is 39.2 Å². The van der Waals surface area contributed by atoms with Crippen molar-refractivity contribution in [2.24, 2.45) is 4.99 Å². The summed E-state index contributed by atoms with van der Waals surface area (Å²) < 4.78 is 10.8. The quantitative estimate of drug-likeness (QED) is 0.693. The van der Waals surface area contributed by atoms with E-state index in [1.807, 2.05) is 27.7 Å². The van der Waals surface area contributed by atoms with E-state index >= 15 is 0 Å². The van der Waals surface area contributed by atoms with Crippen LogP contribution in [0, 0.1) is 0 Å². The molecule has 2 rings (SSSR count). The van der Waals surface area contributed by atoms with Gasteiger partial charge in [-0.25, -0.2) is 4.99 Å². The highest BCUT2D eigenvalue weighted by Gasteiger charge is 2.33. The van der Waals surface area contributed by atoms with Gasteiger partial charge in [-0.2, -0.15) is 0 Å². The summed E-state index contributed by atoms with van der Waals surface area (Å²) in [6.45, 7) is 7.42. The normalized spacial score (nSPS) is 23.3. The number of rotatable bonds is 2. The molecule has 0 aromatic carbocycles. The van der Waals surface area contributed by atoms with Crippen LogP contribution in [0.5, 0.6) is 0 Å². The molecule has 0 radical (unpaired) electrons. The Bertz CT molecular complexity index is 395. The minimum atomic E-state index is -0.442. The van der Waals surface area contributed by atoms with Crippen LogP contribution in [-0.2, 0) is 14.3 Å². The highest BCUT2D eigenvalue weighted by molar-refractivity contribution is 5.79. The fourth-order valence-corrected chi connectivity index (χ4v) is 1.83. The summed E-state index contributed by atoms with van der Waals surface area (Å²) in [5.41, 5.74) is 0.849. The minimum Gasteiger partial charge on any atom is -0.460 e. The molecule has 1 saturated carbocycles. The number of hydrogen-bond acceptors (Lipinski definition) is 4. The SMILES string of the molecule is CC1=NC(CC(=O)OC(C)(C)C)C(=C2CC2)O1. The van der Waals surface area contributed by atoms with Crippen LogP contribution < -0.4 is 0 Å². The van der Waals surface area contributed by atoms with Gasteiger partial charge in [0.15, 0.2) is 5.90 Å². The van der Waals surface area contributed by atoms with E-state index in [2.05, 4.69) is 4.99 Å². The molecule has 1 aliphatic carbocycles. The molecule has 0 aromatic rings. The molecule has 0 aromatic heterocycles. The zero-order chi connectivity index (χ0) is 12.6. The predicted molar refractivity (Wildman–Crippen MR) is 64.7 cm³/mol. The molecule has 0 spiro atoms. The van der Waals surface area contributed by atoms with E-state index < -0.39 is 5.60 Å². The predicted octanol–water partition coefficient (Wildman–Crippen LogP) is 2.58. The van der Waals surface area contributed by atoms with Crippen molar-refractivity contribution in [3.05, 3.63) is 11.3 Å². The van der Waals surface area contributed by atoms with Gasteiger partial charge in [-0.3, -0.25) is 4.79 Å². The van der Waals surface area contributed by atoms with E-state index in [0.717, 1.165) is 18.6 Å². The Kier molecular flexibility index (Phi) is 2.98. The molecule has 2 aliphatic rings. The minimum absolute atomic E-state index is 0.164. The zero-order valence-corrected chi connectivity index (χ0v) is 10.9.